The number of alkyl halides is 3. The molecule has 0 bridgehead atoms. The van der Waals surface area contributed by atoms with E-state index in [4.69, 9.17) is 4.42 Å². The zero-order valence-corrected chi connectivity index (χ0v) is 16.4. The van der Waals surface area contributed by atoms with Crippen LogP contribution in [-0.4, -0.2) is 15.9 Å². The maximum Gasteiger partial charge on any atom is 0.416 e. The number of carbonyl (C=O) groups excluding carboxylic acids is 1. The Morgan fingerprint density at radius 1 is 1.29 bits per heavy atom. The average molecular weight is 427 g/mol. The van der Waals surface area contributed by atoms with E-state index in [0.29, 0.717) is 16.8 Å². The lowest BCUT2D eigenvalue weighted by Gasteiger charge is -2.08. The van der Waals surface area contributed by atoms with Crippen LogP contribution in [0.1, 0.15) is 29.7 Å². The normalized spacial score (nSPS) is 11.6. The second kappa shape index (κ2) is 8.78. The van der Waals surface area contributed by atoms with Crippen molar-refractivity contribution in [2.45, 2.75) is 35.9 Å². The Morgan fingerprint density at radius 2 is 2.11 bits per heavy atom. The van der Waals surface area contributed by atoms with Gasteiger partial charge < -0.3 is 9.73 Å². The molecule has 0 spiro atoms. The van der Waals surface area contributed by atoms with Crippen LogP contribution in [0.4, 0.5) is 18.3 Å². The average Bonchev–Trinajstić information content (AvgIpc) is 3.28. The summed E-state index contributed by atoms with van der Waals surface area (Å²) in [6, 6.07) is 4.72. The molecule has 0 saturated heterocycles. The van der Waals surface area contributed by atoms with Crippen LogP contribution in [0.25, 0.3) is 0 Å². The molecule has 1 aromatic carbocycles. The van der Waals surface area contributed by atoms with Gasteiger partial charge in [-0.3, -0.25) is 4.79 Å². The lowest BCUT2D eigenvalue weighted by Crippen LogP contribution is -2.15. The van der Waals surface area contributed by atoms with Gasteiger partial charge in [0, 0.05) is 6.42 Å². The molecule has 5 nitrogen and oxygen atoms in total. The molecule has 2 aromatic heterocycles. The van der Waals surface area contributed by atoms with Crippen LogP contribution in [-0.2, 0) is 29.6 Å². The first-order valence-corrected chi connectivity index (χ1v) is 10.1. The van der Waals surface area contributed by atoms with E-state index in [1.165, 1.54) is 35.2 Å². The smallest absolute Gasteiger partial charge is 0.416 e. The minimum absolute atomic E-state index is 0.165. The number of thiazole rings is 1. The van der Waals surface area contributed by atoms with Crippen LogP contribution in [0.15, 0.2) is 45.3 Å². The molecule has 0 aliphatic rings. The van der Waals surface area contributed by atoms with Crippen LogP contribution in [0, 0.1) is 0 Å². The molecule has 0 fully saturated rings. The van der Waals surface area contributed by atoms with Gasteiger partial charge >= 0.3 is 6.18 Å². The lowest BCUT2D eigenvalue weighted by atomic mass is 10.1. The monoisotopic (exact) mass is 427 g/mol. The van der Waals surface area contributed by atoms with Gasteiger partial charge in [-0.15, -0.1) is 11.8 Å². The first-order valence-electron chi connectivity index (χ1n) is 8.31. The van der Waals surface area contributed by atoms with E-state index in [0.717, 1.165) is 28.5 Å². The molecule has 3 rings (SSSR count). The summed E-state index contributed by atoms with van der Waals surface area (Å²) < 4.78 is 44.6. The highest BCUT2D eigenvalue weighted by molar-refractivity contribution is 8.00. The zero-order chi connectivity index (χ0) is 20.1. The third-order valence-electron chi connectivity index (χ3n) is 3.64. The zero-order valence-electron chi connectivity index (χ0n) is 14.7. The third kappa shape index (κ3) is 5.59. The van der Waals surface area contributed by atoms with E-state index in [1.54, 1.807) is 12.4 Å². The second-order valence-corrected chi connectivity index (χ2v) is 8.08. The number of halogens is 3. The van der Waals surface area contributed by atoms with E-state index in [-0.39, 0.29) is 12.0 Å². The molecule has 0 atom stereocenters. The Balaban J connectivity index is 1.53. The van der Waals surface area contributed by atoms with Gasteiger partial charge in [0.2, 0.25) is 11.8 Å². The summed E-state index contributed by atoms with van der Waals surface area (Å²) in [6.45, 7) is 1.98. The fourth-order valence-corrected chi connectivity index (χ4v) is 4.04. The first kappa shape index (κ1) is 20.4. The Morgan fingerprint density at radius 3 is 2.82 bits per heavy atom. The number of anilines is 1. The van der Waals surface area contributed by atoms with Crippen molar-refractivity contribution >= 4 is 34.1 Å². The number of hydrogen-bond donors (Lipinski definition) is 1. The molecule has 2 heterocycles. The predicted molar refractivity (Wildman–Crippen MR) is 101 cm³/mol. The summed E-state index contributed by atoms with van der Waals surface area (Å²) in [5.41, 5.74) is -0.488. The molecule has 0 aliphatic heterocycles. The number of carbonyl (C=O) groups is 1. The highest BCUT2D eigenvalue weighted by atomic mass is 32.2. The summed E-state index contributed by atoms with van der Waals surface area (Å²) in [6.07, 6.45) is -0.502. The summed E-state index contributed by atoms with van der Waals surface area (Å²) in [5.74, 6) is 1.55. The molecule has 3 aromatic rings. The molecule has 10 heteroatoms. The first-order chi connectivity index (χ1) is 13.3. The number of aryl methyl sites for hydroxylation is 1. The van der Waals surface area contributed by atoms with Gasteiger partial charge in [-0.1, -0.05) is 36.5 Å². The Hall–Kier alpha value is -2.33. The van der Waals surface area contributed by atoms with Crippen molar-refractivity contribution in [2.75, 3.05) is 5.32 Å². The topological polar surface area (TPSA) is 68.0 Å². The quantitative estimate of drug-likeness (QED) is 0.526. The number of nitrogens with zero attached hydrogens (tertiary/aromatic N) is 2. The lowest BCUT2D eigenvalue weighted by molar-refractivity contribution is -0.137. The largest absolute Gasteiger partial charge is 0.445 e. The van der Waals surface area contributed by atoms with Gasteiger partial charge in [0.1, 0.15) is 5.76 Å². The van der Waals surface area contributed by atoms with Crippen LogP contribution in [0.5, 0.6) is 0 Å². The van der Waals surface area contributed by atoms with Crippen LogP contribution < -0.4 is 5.32 Å². The van der Waals surface area contributed by atoms with Crippen LogP contribution in [0.2, 0.25) is 0 Å². The number of benzene rings is 1. The van der Waals surface area contributed by atoms with Crippen molar-refractivity contribution in [3.05, 3.63) is 59.4 Å². The maximum absolute atomic E-state index is 12.7. The number of nitrogens with one attached hydrogen (secondary N) is 1. The Kier molecular flexibility index (Phi) is 6.40. The van der Waals surface area contributed by atoms with Crippen LogP contribution >= 0.6 is 23.1 Å². The molecule has 0 aliphatic carbocycles. The number of aromatic nitrogens is 2. The molecule has 1 N–H and O–H groups in total. The number of hydrogen-bond acceptors (Lipinski definition) is 6. The Bertz CT molecular complexity index is 953. The highest BCUT2D eigenvalue weighted by Gasteiger charge is 2.30. The van der Waals surface area contributed by atoms with Crippen molar-refractivity contribution in [1.82, 2.24) is 9.97 Å². The minimum atomic E-state index is -4.44. The van der Waals surface area contributed by atoms with E-state index in [2.05, 4.69) is 15.3 Å². The summed E-state index contributed by atoms with van der Waals surface area (Å²) >= 11 is 2.76. The molecule has 0 unspecified atom stereocenters. The summed E-state index contributed by atoms with van der Waals surface area (Å²) in [7, 11) is 0. The maximum atomic E-state index is 12.7. The predicted octanol–water partition coefficient (Wildman–Crippen LogP) is 5.19. The van der Waals surface area contributed by atoms with E-state index < -0.39 is 17.6 Å². The van der Waals surface area contributed by atoms with Gasteiger partial charge in [-0.2, -0.15) is 13.2 Å². The molecule has 148 valence electrons. The molecular weight excluding hydrogens is 411 g/mol. The number of amides is 1. The standard InChI is InChI=1S/C18H16F3N3O2S2/c1-2-13-8-22-15(26-13)10-27-16-9-23-17(28-16)24-14(25)7-11-4-3-5-12(6-11)18(19,20)21/h3-6,8-9H,2,7,10H2,1H3,(H,23,24,25). The fraction of sp³-hybridized carbons (Fsp3) is 0.278. The van der Waals surface area contributed by atoms with Crippen molar-refractivity contribution < 1.29 is 22.4 Å². The Labute approximate surface area is 167 Å². The van der Waals surface area contributed by atoms with E-state index in [1.807, 2.05) is 6.92 Å². The second-order valence-electron chi connectivity index (χ2n) is 5.77. The van der Waals surface area contributed by atoms with Gasteiger partial charge in [-0.25, -0.2) is 9.97 Å². The number of rotatable bonds is 7. The highest BCUT2D eigenvalue weighted by Crippen LogP contribution is 2.31. The molecular formula is C18H16F3N3O2S2. The van der Waals surface area contributed by atoms with Crippen molar-refractivity contribution in [3.63, 3.8) is 0 Å². The van der Waals surface area contributed by atoms with Gasteiger partial charge in [-0.05, 0) is 11.6 Å². The SMILES string of the molecule is CCc1cnc(CSc2cnc(NC(=O)Cc3cccc(C(F)(F)F)c3)s2)o1. The fourth-order valence-electron chi connectivity index (χ4n) is 2.30. The van der Waals surface area contributed by atoms with E-state index in [9.17, 15) is 18.0 Å². The van der Waals surface area contributed by atoms with E-state index >= 15 is 0 Å². The molecule has 0 radical (unpaired) electrons. The molecule has 1 amide bonds. The van der Waals surface area contributed by atoms with Crippen molar-refractivity contribution in [2.24, 2.45) is 0 Å². The number of thioether (sulfide) groups is 1. The molecule has 28 heavy (non-hydrogen) atoms. The molecule has 0 saturated carbocycles. The summed E-state index contributed by atoms with van der Waals surface area (Å²) in [4.78, 5) is 20.4. The van der Waals surface area contributed by atoms with Crippen molar-refractivity contribution in [3.8, 4) is 0 Å². The summed E-state index contributed by atoms with van der Waals surface area (Å²) in [5, 5.41) is 3.01. The van der Waals surface area contributed by atoms with Crippen LogP contribution in [0.3, 0.4) is 0 Å². The van der Waals surface area contributed by atoms with Gasteiger partial charge in [0.15, 0.2) is 5.13 Å². The van der Waals surface area contributed by atoms with Gasteiger partial charge in [0.25, 0.3) is 0 Å². The third-order valence-corrected chi connectivity index (χ3v) is 5.73. The minimum Gasteiger partial charge on any atom is -0.445 e. The van der Waals surface area contributed by atoms with Crippen molar-refractivity contribution in [1.29, 1.82) is 0 Å². The van der Waals surface area contributed by atoms with Gasteiger partial charge in [0.05, 0.1) is 34.3 Å². The number of oxazole rings is 1.